The third-order valence-electron chi connectivity index (χ3n) is 3.93. The van der Waals surface area contributed by atoms with Crippen LogP contribution in [0, 0.1) is 0 Å². The fraction of sp³-hybridized carbons (Fsp3) is 1.00. The summed E-state index contributed by atoms with van der Waals surface area (Å²) in [6, 6.07) is 0.369. The van der Waals surface area contributed by atoms with Crippen LogP contribution in [0.1, 0.15) is 46.5 Å². The summed E-state index contributed by atoms with van der Waals surface area (Å²) in [6.45, 7) is 11.5. The van der Waals surface area contributed by atoms with Crippen molar-refractivity contribution in [3.05, 3.63) is 0 Å². The van der Waals surface area contributed by atoms with Crippen molar-refractivity contribution in [2.45, 2.75) is 76.7 Å². The maximum absolute atomic E-state index is 6.37. The summed E-state index contributed by atoms with van der Waals surface area (Å²) in [5.41, 5.74) is 5.99. The van der Waals surface area contributed by atoms with Crippen molar-refractivity contribution in [3.63, 3.8) is 0 Å². The maximum atomic E-state index is 6.37. The van der Waals surface area contributed by atoms with Gasteiger partial charge in [-0.25, -0.2) is 0 Å². The highest BCUT2D eigenvalue weighted by Gasteiger charge is 2.39. The first-order valence-electron chi connectivity index (χ1n) is 6.16. The molecule has 0 radical (unpaired) electrons. The summed E-state index contributed by atoms with van der Waals surface area (Å²) in [4.78, 5) is 0. The van der Waals surface area contributed by atoms with Crippen molar-refractivity contribution in [1.29, 1.82) is 0 Å². The van der Waals surface area contributed by atoms with E-state index in [1.165, 1.54) is 19.3 Å². The van der Waals surface area contributed by atoms with Crippen molar-refractivity contribution in [2.75, 3.05) is 0 Å². The van der Waals surface area contributed by atoms with Crippen molar-refractivity contribution < 1.29 is 4.43 Å². The van der Waals surface area contributed by atoms with Gasteiger partial charge in [-0.05, 0) is 43.8 Å². The Hall–Kier alpha value is 0.137. The van der Waals surface area contributed by atoms with E-state index in [1.54, 1.807) is 0 Å². The summed E-state index contributed by atoms with van der Waals surface area (Å²) in [6.07, 6.45) is 5.11. The highest BCUT2D eigenvalue weighted by Crippen LogP contribution is 2.38. The summed E-state index contributed by atoms with van der Waals surface area (Å²) >= 11 is 0. The van der Waals surface area contributed by atoms with Gasteiger partial charge in [0.05, 0.1) is 0 Å². The molecule has 15 heavy (non-hydrogen) atoms. The van der Waals surface area contributed by atoms with Gasteiger partial charge < -0.3 is 10.2 Å². The topological polar surface area (TPSA) is 35.2 Å². The van der Waals surface area contributed by atoms with E-state index < -0.39 is 8.32 Å². The Labute approximate surface area is 95.7 Å². The van der Waals surface area contributed by atoms with E-state index in [2.05, 4.69) is 33.9 Å². The van der Waals surface area contributed by atoms with Crippen LogP contribution >= 0.6 is 0 Å². The minimum absolute atomic E-state index is 0.314. The van der Waals surface area contributed by atoms with Crippen molar-refractivity contribution in [2.24, 2.45) is 5.73 Å². The molecule has 1 rings (SSSR count). The van der Waals surface area contributed by atoms with E-state index >= 15 is 0 Å². The molecule has 0 amide bonds. The first-order valence-corrected chi connectivity index (χ1v) is 9.06. The molecular weight excluding hydrogens is 202 g/mol. The lowest BCUT2D eigenvalue weighted by molar-refractivity contribution is 0.128. The Kier molecular flexibility index (Phi) is 4.01. The predicted octanol–water partition coefficient (Wildman–Crippen LogP) is 3.28. The fourth-order valence-corrected chi connectivity index (χ4v) is 3.28. The smallest absolute Gasteiger partial charge is 0.192 e. The lowest BCUT2D eigenvalue weighted by Crippen LogP contribution is -2.46. The van der Waals surface area contributed by atoms with Crippen molar-refractivity contribution in [3.8, 4) is 0 Å². The van der Waals surface area contributed by atoms with Gasteiger partial charge in [-0.15, -0.1) is 0 Å². The molecule has 1 fully saturated rings. The SMILES string of the molecule is CC(C)(C)[Si](C)(C)O[C@H]1CCC[C@@H](N)C1. The molecule has 0 bridgehead atoms. The standard InChI is InChI=1S/C12H27NOSi/c1-12(2,3)15(4,5)14-11-8-6-7-10(13)9-11/h10-11H,6-9,13H2,1-5H3/t10-,11+/m1/s1. The Morgan fingerprint density at radius 3 is 2.27 bits per heavy atom. The molecule has 0 spiro atoms. The summed E-state index contributed by atoms with van der Waals surface area (Å²) < 4.78 is 6.37. The zero-order valence-electron chi connectivity index (χ0n) is 11.0. The molecule has 1 saturated carbocycles. The quantitative estimate of drug-likeness (QED) is 0.738. The van der Waals surface area contributed by atoms with Crippen molar-refractivity contribution >= 4 is 8.32 Å². The third kappa shape index (κ3) is 3.57. The van der Waals surface area contributed by atoms with Gasteiger partial charge in [0.2, 0.25) is 0 Å². The Bertz CT molecular complexity index is 210. The minimum Gasteiger partial charge on any atom is -0.414 e. The van der Waals surface area contributed by atoms with Gasteiger partial charge in [-0.2, -0.15) is 0 Å². The molecule has 0 aromatic heterocycles. The molecule has 1 aliphatic carbocycles. The second-order valence-corrected chi connectivity index (χ2v) is 11.2. The first kappa shape index (κ1) is 13.2. The molecule has 0 aromatic rings. The van der Waals surface area contributed by atoms with Gasteiger partial charge in [0.25, 0.3) is 0 Å². The Balaban J connectivity index is 2.53. The molecule has 2 N–H and O–H groups in total. The van der Waals surface area contributed by atoms with Gasteiger partial charge in [0, 0.05) is 12.1 Å². The van der Waals surface area contributed by atoms with Crippen LogP contribution in [-0.4, -0.2) is 20.5 Å². The molecule has 1 aliphatic rings. The molecule has 3 heteroatoms. The van der Waals surface area contributed by atoms with E-state index in [-0.39, 0.29) is 0 Å². The van der Waals surface area contributed by atoms with Gasteiger partial charge in [0.15, 0.2) is 8.32 Å². The number of nitrogens with two attached hydrogens (primary N) is 1. The maximum Gasteiger partial charge on any atom is 0.192 e. The van der Waals surface area contributed by atoms with Gasteiger partial charge in [-0.1, -0.05) is 20.8 Å². The Morgan fingerprint density at radius 1 is 1.20 bits per heavy atom. The van der Waals surface area contributed by atoms with Crippen LogP contribution in [0.4, 0.5) is 0 Å². The van der Waals surface area contributed by atoms with Crippen molar-refractivity contribution in [1.82, 2.24) is 0 Å². The van der Waals surface area contributed by atoms with Gasteiger partial charge >= 0.3 is 0 Å². The van der Waals surface area contributed by atoms with Crippen LogP contribution in [0.3, 0.4) is 0 Å². The fourth-order valence-electron chi connectivity index (χ4n) is 1.88. The lowest BCUT2D eigenvalue weighted by atomic mass is 9.94. The average Bonchev–Trinajstić information content (AvgIpc) is 2.00. The average molecular weight is 229 g/mol. The van der Waals surface area contributed by atoms with Crippen LogP contribution in [0.2, 0.25) is 18.1 Å². The molecular formula is C12H27NOSi. The highest BCUT2D eigenvalue weighted by molar-refractivity contribution is 6.74. The largest absolute Gasteiger partial charge is 0.414 e. The van der Waals surface area contributed by atoms with Gasteiger partial charge in [0.1, 0.15) is 0 Å². The molecule has 0 saturated heterocycles. The van der Waals surface area contributed by atoms with Gasteiger partial charge in [-0.3, -0.25) is 0 Å². The Morgan fingerprint density at radius 2 is 1.80 bits per heavy atom. The van der Waals surface area contributed by atoms with E-state index in [0.717, 1.165) is 6.42 Å². The molecule has 90 valence electrons. The van der Waals surface area contributed by atoms with Crippen LogP contribution in [-0.2, 0) is 4.43 Å². The summed E-state index contributed by atoms with van der Waals surface area (Å²) in [5, 5.41) is 0.314. The summed E-state index contributed by atoms with van der Waals surface area (Å²) in [7, 11) is -1.58. The molecule has 2 nitrogen and oxygen atoms in total. The number of rotatable bonds is 2. The predicted molar refractivity (Wildman–Crippen MR) is 68.5 cm³/mol. The lowest BCUT2D eigenvalue weighted by Gasteiger charge is -2.41. The third-order valence-corrected chi connectivity index (χ3v) is 8.47. The molecule has 0 aliphatic heterocycles. The second kappa shape index (κ2) is 4.56. The molecule has 0 aromatic carbocycles. The van der Waals surface area contributed by atoms with Crippen LogP contribution in [0.25, 0.3) is 0 Å². The minimum atomic E-state index is -1.58. The number of hydrogen-bond acceptors (Lipinski definition) is 2. The first-order chi connectivity index (χ1) is 6.72. The van der Waals surface area contributed by atoms with E-state index in [1.807, 2.05) is 0 Å². The van der Waals surface area contributed by atoms with E-state index in [4.69, 9.17) is 10.2 Å². The zero-order chi connectivity index (χ0) is 11.7. The zero-order valence-corrected chi connectivity index (χ0v) is 12.0. The molecule has 2 atom stereocenters. The molecule has 0 heterocycles. The van der Waals surface area contributed by atoms with E-state index in [9.17, 15) is 0 Å². The normalized spacial score (nSPS) is 29.2. The van der Waals surface area contributed by atoms with Crippen LogP contribution in [0.5, 0.6) is 0 Å². The second-order valence-electron chi connectivity index (χ2n) is 6.43. The van der Waals surface area contributed by atoms with E-state index in [0.29, 0.717) is 17.2 Å². The van der Waals surface area contributed by atoms with Crippen LogP contribution < -0.4 is 5.73 Å². The highest BCUT2D eigenvalue weighted by atomic mass is 28.4. The number of hydrogen-bond donors (Lipinski definition) is 1. The monoisotopic (exact) mass is 229 g/mol. The van der Waals surface area contributed by atoms with Crippen LogP contribution in [0.15, 0.2) is 0 Å². The summed E-state index contributed by atoms with van der Waals surface area (Å²) in [5.74, 6) is 0. The molecule has 0 unspecified atom stereocenters.